The minimum absolute atomic E-state index is 0.113. The van der Waals surface area contributed by atoms with E-state index in [1.165, 1.54) is 33.4 Å². The van der Waals surface area contributed by atoms with Crippen molar-refractivity contribution < 1.29 is 0 Å². The zero-order valence-electron chi connectivity index (χ0n) is 16.2. The summed E-state index contributed by atoms with van der Waals surface area (Å²) in [5.74, 6) is 0. The van der Waals surface area contributed by atoms with Gasteiger partial charge in [-0.2, -0.15) is 0 Å². The second-order valence-electron chi connectivity index (χ2n) is 8.70. The molecule has 25 heavy (non-hydrogen) atoms. The number of benzene rings is 2. The number of rotatable bonds is 0. The standard InChI is InChI=1S/C25H26/c1-13-14(2)16(4)22-19(15(13)3)12-21-20-11-17-9-7-8-10-18(17)23(20)25(5,6)24(21)22/h7-10H,11-12H2,1-6H3. The highest BCUT2D eigenvalue weighted by molar-refractivity contribution is 6.03. The molecule has 0 atom stereocenters. The quantitative estimate of drug-likeness (QED) is 0.534. The van der Waals surface area contributed by atoms with Gasteiger partial charge in [-0.05, 0) is 107 Å². The molecule has 0 radical (unpaired) electrons. The summed E-state index contributed by atoms with van der Waals surface area (Å²) < 4.78 is 0. The minimum Gasteiger partial charge on any atom is -0.0619 e. The van der Waals surface area contributed by atoms with Gasteiger partial charge < -0.3 is 0 Å². The van der Waals surface area contributed by atoms with E-state index >= 15 is 0 Å². The average molecular weight is 326 g/mol. The van der Waals surface area contributed by atoms with Crippen LogP contribution in [0.25, 0.3) is 11.1 Å². The lowest BCUT2D eigenvalue weighted by molar-refractivity contribution is 0.681. The summed E-state index contributed by atoms with van der Waals surface area (Å²) in [6.45, 7) is 14.2. The second kappa shape index (κ2) is 4.55. The first-order chi connectivity index (χ1) is 11.8. The van der Waals surface area contributed by atoms with Gasteiger partial charge in [0.2, 0.25) is 0 Å². The molecule has 3 aliphatic carbocycles. The first-order valence-electron chi connectivity index (χ1n) is 9.49. The first kappa shape index (κ1) is 15.2. The Morgan fingerprint density at radius 1 is 0.720 bits per heavy atom. The predicted octanol–water partition coefficient (Wildman–Crippen LogP) is 6.28. The molecule has 5 rings (SSSR count). The van der Waals surface area contributed by atoms with Crippen molar-refractivity contribution in [2.45, 2.75) is 54.4 Å². The molecule has 0 nitrogen and oxygen atoms in total. The Bertz CT molecular complexity index is 1040. The Labute approximate surface area is 151 Å². The highest BCUT2D eigenvalue weighted by atomic mass is 14.5. The van der Waals surface area contributed by atoms with Crippen LogP contribution in [0.15, 0.2) is 35.4 Å². The first-order valence-corrected chi connectivity index (χ1v) is 9.49. The molecule has 126 valence electrons. The maximum Gasteiger partial charge on any atom is 0.0164 e. The molecule has 0 unspecified atom stereocenters. The molecule has 0 aliphatic heterocycles. The Hall–Kier alpha value is -2.08. The fourth-order valence-corrected chi connectivity index (χ4v) is 5.77. The zero-order valence-corrected chi connectivity index (χ0v) is 16.2. The van der Waals surface area contributed by atoms with Crippen LogP contribution in [0.2, 0.25) is 0 Å². The maximum absolute atomic E-state index is 2.45. The van der Waals surface area contributed by atoms with Gasteiger partial charge in [0.15, 0.2) is 0 Å². The monoisotopic (exact) mass is 326 g/mol. The van der Waals surface area contributed by atoms with E-state index in [0.29, 0.717) is 0 Å². The van der Waals surface area contributed by atoms with E-state index in [-0.39, 0.29) is 5.41 Å². The molecule has 0 spiro atoms. The van der Waals surface area contributed by atoms with Crippen LogP contribution < -0.4 is 0 Å². The third kappa shape index (κ3) is 1.64. The summed E-state index contributed by atoms with van der Waals surface area (Å²) in [7, 11) is 0. The van der Waals surface area contributed by atoms with Crippen LogP contribution in [-0.2, 0) is 12.8 Å². The molecule has 0 heterocycles. The van der Waals surface area contributed by atoms with Crippen molar-refractivity contribution in [3.05, 3.63) is 79.9 Å². The third-order valence-electron chi connectivity index (χ3n) is 7.29. The Balaban J connectivity index is 1.78. The van der Waals surface area contributed by atoms with Gasteiger partial charge in [0.05, 0.1) is 0 Å². The maximum atomic E-state index is 2.45. The van der Waals surface area contributed by atoms with Crippen LogP contribution >= 0.6 is 0 Å². The average Bonchev–Trinajstić information content (AvgIpc) is 3.21. The van der Waals surface area contributed by atoms with E-state index in [4.69, 9.17) is 0 Å². The molecule has 0 saturated heterocycles. The summed E-state index contributed by atoms with van der Waals surface area (Å²) in [6, 6.07) is 9.04. The Kier molecular flexibility index (Phi) is 2.77. The number of hydrogen-bond donors (Lipinski definition) is 0. The molecule has 0 fully saturated rings. The molecular formula is C25H26. The molecule has 0 N–H and O–H groups in total. The number of allylic oxidation sites excluding steroid dienone is 4. The van der Waals surface area contributed by atoms with Crippen LogP contribution in [-0.4, -0.2) is 0 Å². The van der Waals surface area contributed by atoms with Crippen molar-refractivity contribution in [3.63, 3.8) is 0 Å². The molecule has 0 bridgehead atoms. The van der Waals surface area contributed by atoms with E-state index in [0.717, 1.165) is 12.8 Å². The van der Waals surface area contributed by atoms with Gasteiger partial charge in [0, 0.05) is 5.41 Å². The molecule has 0 heteroatoms. The van der Waals surface area contributed by atoms with Gasteiger partial charge >= 0.3 is 0 Å². The molecule has 0 amide bonds. The van der Waals surface area contributed by atoms with Crippen molar-refractivity contribution in [1.82, 2.24) is 0 Å². The molecule has 2 aromatic carbocycles. The lowest BCUT2D eigenvalue weighted by Crippen LogP contribution is -2.15. The lowest BCUT2D eigenvalue weighted by atomic mass is 9.73. The highest BCUT2D eigenvalue weighted by Crippen LogP contribution is 2.63. The number of fused-ring (bicyclic) bond motifs is 5. The largest absolute Gasteiger partial charge is 0.0619 e. The van der Waals surface area contributed by atoms with Crippen LogP contribution in [0.3, 0.4) is 0 Å². The third-order valence-corrected chi connectivity index (χ3v) is 7.29. The fourth-order valence-electron chi connectivity index (χ4n) is 5.77. The van der Waals surface area contributed by atoms with Gasteiger partial charge in [0.25, 0.3) is 0 Å². The van der Waals surface area contributed by atoms with E-state index in [2.05, 4.69) is 65.8 Å². The van der Waals surface area contributed by atoms with Gasteiger partial charge in [-0.15, -0.1) is 0 Å². The smallest absolute Gasteiger partial charge is 0.0164 e. The minimum atomic E-state index is 0.113. The van der Waals surface area contributed by atoms with Crippen molar-refractivity contribution >= 4 is 11.1 Å². The van der Waals surface area contributed by atoms with Crippen LogP contribution in [0.5, 0.6) is 0 Å². The van der Waals surface area contributed by atoms with Crippen molar-refractivity contribution in [2.24, 2.45) is 5.41 Å². The fraction of sp³-hybridized carbons (Fsp3) is 0.360. The summed E-state index contributed by atoms with van der Waals surface area (Å²) in [5.41, 5.74) is 18.8. The van der Waals surface area contributed by atoms with Crippen LogP contribution in [0.1, 0.15) is 58.4 Å². The molecule has 3 aliphatic rings. The van der Waals surface area contributed by atoms with E-state index in [1.54, 1.807) is 33.4 Å². The van der Waals surface area contributed by atoms with Crippen LogP contribution in [0.4, 0.5) is 0 Å². The van der Waals surface area contributed by atoms with Gasteiger partial charge in [0.1, 0.15) is 0 Å². The second-order valence-corrected chi connectivity index (χ2v) is 8.70. The Morgan fingerprint density at radius 3 is 2.12 bits per heavy atom. The molecular weight excluding hydrogens is 300 g/mol. The molecule has 2 aromatic rings. The summed E-state index contributed by atoms with van der Waals surface area (Å²) in [5, 5.41) is 0. The Morgan fingerprint density at radius 2 is 1.36 bits per heavy atom. The lowest BCUT2D eigenvalue weighted by Gasteiger charge is -2.30. The van der Waals surface area contributed by atoms with Crippen LogP contribution in [0, 0.1) is 33.1 Å². The normalized spacial score (nSPS) is 19.3. The van der Waals surface area contributed by atoms with Gasteiger partial charge in [-0.3, -0.25) is 0 Å². The van der Waals surface area contributed by atoms with Crippen molar-refractivity contribution in [1.29, 1.82) is 0 Å². The molecule has 0 aromatic heterocycles. The summed E-state index contributed by atoms with van der Waals surface area (Å²) >= 11 is 0. The predicted molar refractivity (Wildman–Crippen MR) is 107 cm³/mol. The van der Waals surface area contributed by atoms with Gasteiger partial charge in [-0.1, -0.05) is 38.1 Å². The van der Waals surface area contributed by atoms with E-state index in [1.807, 2.05) is 0 Å². The molecule has 0 saturated carbocycles. The summed E-state index contributed by atoms with van der Waals surface area (Å²) in [4.78, 5) is 0. The van der Waals surface area contributed by atoms with E-state index in [9.17, 15) is 0 Å². The number of hydrogen-bond acceptors (Lipinski definition) is 0. The van der Waals surface area contributed by atoms with Crippen molar-refractivity contribution in [3.8, 4) is 0 Å². The topological polar surface area (TPSA) is 0 Å². The summed E-state index contributed by atoms with van der Waals surface area (Å²) in [6.07, 6.45) is 2.26. The van der Waals surface area contributed by atoms with Crippen molar-refractivity contribution in [2.75, 3.05) is 0 Å². The SMILES string of the molecule is Cc1c(C)c(C)c2c(c1C)CC1=C2C(C)(C)C2=C1Cc1ccccc12. The van der Waals surface area contributed by atoms with E-state index < -0.39 is 0 Å². The highest BCUT2D eigenvalue weighted by Gasteiger charge is 2.47. The zero-order chi connectivity index (χ0) is 17.7. The van der Waals surface area contributed by atoms with Gasteiger partial charge in [-0.25, -0.2) is 0 Å².